The van der Waals surface area contributed by atoms with Crippen LogP contribution in [0, 0.1) is 5.92 Å². The minimum Gasteiger partial charge on any atom is -0.306 e. The maximum atomic E-state index is 12.3. The molecule has 3 heterocycles. The molecule has 0 bridgehead atoms. The summed E-state index contributed by atoms with van der Waals surface area (Å²) < 4.78 is 3.21. The third-order valence-electron chi connectivity index (χ3n) is 5.29. The number of piperidine rings is 1. The van der Waals surface area contributed by atoms with Crippen molar-refractivity contribution in [3.63, 3.8) is 0 Å². The van der Waals surface area contributed by atoms with Gasteiger partial charge in [0.2, 0.25) is 0 Å². The van der Waals surface area contributed by atoms with Crippen molar-refractivity contribution >= 4 is 5.65 Å². The molecule has 0 aliphatic carbocycles. The van der Waals surface area contributed by atoms with Crippen LogP contribution < -0.4 is 5.69 Å². The van der Waals surface area contributed by atoms with E-state index in [0.29, 0.717) is 6.54 Å². The predicted octanol–water partition coefficient (Wildman–Crippen LogP) is 1.94. The number of unbranched alkanes of at least 4 members (excludes halogenated alkanes) is 1. The summed E-state index contributed by atoms with van der Waals surface area (Å²) in [6.07, 6.45) is 6.86. The Balaban J connectivity index is 1.44. The van der Waals surface area contributed by atoms with Gasteiger partial charge in [-0.3, -0.25) is 4.40 Å². The lowest BCUT2D eigenvalue weighted by Crippen LogP contribution is -2.40. The van der Waals surface area contributed by atoms with E-state index >= 15 is 0 Å². The van der Waals surface area contributed by atoms with Gasteiger partial charge in [0.25, 0.3) is 0 Å². The summed E-state index contributed by atoms with van der Waals surface area (Å²) in [6, 6.07) is 5.65. The van der Waals surface area contributed by atoms with Gasteiger partial charge in [0.1, 0.15) is 0 Å². The Morgan fingerprint density at radius 3 is 2.76 bits per heavy atom. The van der Waals surface area contributed by atoms with E-state index in [9.17, 15) is 4.79 Å². The number of likely N-dealkylation sites (tertiary alicyclic amines) is 1. The Bertz CT molecular complexity index is 714. The Kier molecular flexibility index (Phi) is 6.26. The first-order chi connectivity index (χ1) is 12.2. The summed E-state index contributed by atoms with van der Waals surface area (Å²) in [5.41, 5.74) is 0.685. The van der Waals surface area contributed by atoms with E-state index in [4.69, 9.17) is 0 Å². The number of fused-ring (bicyclic) bond motifs is 1. The molecule has 1 aliphatic heterocycles. The molecule has 6 nitrogen and oxygen atoms in total. The zero-order valence-corrected chi connectivity index (χ0v) is 15.6. The molecule has 3 rings (SSSR count). The third-order valence-corrected chi connectivity index (χ3v) is 5.29. The fraction of sp³-hybridized carbons (Fsp3) is 0.684. The second kappa shape index (κ2) is 8.63. The highest BCUT2D eigenvalue weighted by Gasteiger charge is 2.20. The minimum absolute atomic E-state index is 0.0389. The summed E-state index contributed by atoms with van der Waals surface area (Å²) >= 11 is 0. The Morgan fingerprint density at radius 2 is 2.04 bits per heavy atom. The van der Waals surface area contributed by atoms with E-state index in [1.165, 1.54) is 38.8 Å². The Morgan fingerprint density at radius 1 is 1.24 bits per heavy atom. The van der Waals surface area contributed by atoms with E-state index in [-0.39, 0.29) is 5.69 Å². The molecule has 2 aromatic heterocycles. The summed E-state index contributed by atoms with van der Waals surface area (Å²) in [7, 11) is 2.25. The van der Waals surface area contributed by atoms with Crippen molar-refractivity contribution in [3.8, 4) is 0 Å². The highest BCUT2D eigenvalue weighted by Crippen LogP contribution is 2.18. The molecular weight excluding hydrogens is 314 g/mol. The summed E-state index contributed by atoms with van der Waals surface area (Å²) in [5.74, 6) is 0.816. The maximum Gasteiger partial charge on any atom is 0.350 e. The molecule has 0 aromatic carbocycles. The summed E-state index contributed by atoms with van der Waals surface area (Å²) in [6.45, 7) is 8.53. The Labute approximate surface area is 150 Å². The molecule has 2 aromatic rings. The van der Waals surface area contributed by atoms with Gasteiger partial charge in [-0.25, -0.2) is 9.48 Å². The van der Waals surface area contributed by atoms with Crippen molar-refractivity contribution in [1.82, 2.24) is 24.0 Å². The largest absolute Gasteiger partial charge is 0.350 e. The van der Waals surface area contributed by atoms with Crippen molar-refractivity contribution < 1.29 is 0 Å². The number of nitrogens with zero attached hydrogens (tertiary/aromatic N) is 5. The van der Waals surface area contributed by atoms with E-state index in [0.717, 1.165) is 31.2 Å². The quantitative estimate of drug-likeness (QED) is 0.733. The van der Waals surface area contributed by atoms with Gasteiger partial charge >= 0.3 is 5.69 Å². The molecule has 6 heteroatoms. The number of hydrogen-bond acceptors (Lipinski definition) is 4. The monoisotopic (exact) mass is 345 g/mol. The van der Waals surface area contributed by atoms with Crippen LogP contribution in [0.1, 0.15) is 32.6 Å². The van der Waals surface area contributed by atoms with Gasteiger partial charge in [0.15, 0.2) is 5.65 Å². The third kappa shape index (κ3) is 4.70. The van der Waals surface area contributed by atoms with Crippen molar-refractivity contribution in [1.29, 1.82) is 0 Å². The predicted molar refractivity (Wildman–Crippen MR) is 101 cm³/mol. The number of pyridine rings is 1. The molecule has 0 unspecified atom stereocenters. The van der Waals surface area contributed by atoms with Gasteiger partial charge in [-0.05, 0) is 64.0 Å². The van der Waals surface area contributed by atoms with Gasteiger partial charge in [-0.1, -0.05) is 19.4 Å². The van der Waals surface area contributed by atoms with E-state index in [2.05, 4.69) is 28.9 Å². The molecule has 0 radical (unpaired) electrons. The van der Waals surface area contributed by atoms with Crippen LogP contribution in [0.2, 0.25) is 0 Å². The van der Waals surface area contributed by atoms with Crippen molar-refractivity contribution in [2.45, 2.75) is 39.2 Å². The van der Waals surface area contributed by atoms with Crippen LogP contribution in [0.5, 0.6) is 0 Å². The first-order valence-electron chi connectivity index (χ1n) is 9.62. The average molecular weight is 345 g/mol. The molecule has 0 N–H and O–H groups in total. The van der Waals surface area contributed by atoms with Crippen LogP contribution in [0.25, 0.3) is 5.65 Å². The first kappa shape index (κ1) is 18.1. The number of aromatic nitrogens is 3. The van der Waals surface area contributed by atoms with E-state index in [1.807, 2.05) is 18.2 Å². The smallest absolute Gasteiger partial charge is 0.306 e. The van der Waals surface area contributed by atoms with Gasteiger partial charge in [-0.15, -0.1) is 5.10 Å². The van der Waals surface area contributed by atoms with Gasteiger partial charge in [-0.2, -0.15) is 0 Å². The normalized spacial score (nSPS) is 16.9. The molecule has 0 atom stereocenters. The second-order valence-corrected chi connectivity index (χ2v) is 7.34. The van der Waals surface area contributed by atoms with Gasteiger partial charge < -0.3 is 9.80 Å². The van der Waals surface area contributed by atoms with Crippen molar-refractivity contribution in [3.05, 3.63) is 34.9 Å². The summed E-state index contributed by atoms with van der Waals surface area (Å²) in [5, 5.41) is 4.41. The van der Waals surface area contributed by atoms with Crippen LogP contribution in [0.15, 0.2) is 29.2 Å². The van der Waals surface area contributed by atoms with Crippen molar-refractivity contribution in [2.75, 3.05) is 39.8 Å². The number of rotatable bonds is 8. The lowest BCUT2D eigenvalue weighted by atomic mass is 9.96. The van der Waals surface area contributed by atoms with Crippen LogP contribution in [0.4, 0.5) is 0 Å². The average Bonchev–Trinajstić information content (AvgIpc) is 2.96. The molecule has 0 amide bonds. The van der Waals surface area contributed by atoms with Crippen molar-refractivity contribution in [2.24, 2.45) is 5.92 Å². The molecule has 138 valence electrons. The highest BCUT2D eigenvalue weighted by molar-refractivity contribution is 5.35. The molecule has 1 fully saturated rings. The SMILES string of the molecule is CCCCN(C)CC1CCN(CCn2nc3ccccn3c2=O)CC1. The van der Waals surface area contributed by atoms with Crippen LogP contribution >= 0.6 is 0 Å². The zero-order valence-electron chi connectivity index (χ0n) is 15.6. The van der Waals surface area contributed by atoms with Crippen LogP contribution in [-0.4, -0.2) is 63.8 Å². The second-order valence-electron chi connectivity index (χ2n) is 7.34. The van der Waals surface area contributed by atoms with Crippen LogP contribution in [0.3, 0.4) is 0 Å². The fourth-order valence-electron chi connectivity index (χ4n) is 3.70. The highest BCUT2D eigenvalue weighted by atomic mass is 16.2. The maximum absolute atomic E-state index is 12.3. The van der Waals surface area contributed by atoms with E-state index < -0.39 is 0 Å². The Hall–Kier alpha value is -1.66. The topological polar surface area (TPSA) is 45.8 Å². The standard InChI is InChI=1S/C19H31N5O/c1-3-4-10-21(2)16-17-8-12-22(13-9-17)14-15-24-19(25)23-11-6-5-7-18(23)20-24/h5-7,11,17H,3-4,8-10,12-16H2,1-2H3. The van der Waals surface area contributed by atoms with Gasteiger partial charge in [0.05, 0.1) is 6.54 Å². The number of hydrogen-bond donors (Lipinski definition) is 0. The molecule has 1 saturated heterocycles. The first-order valence-corrected chi connectivity index (χ1v) is 9.62. The van der Waals surface area contributed by atoms with E-state index in [1.54, 1.807) is 15.3 Å². The zero-order chi connectivity index (χ0) is 17.6. The van der Waals surface area contributed by atoms with Crippen LogP contribution in [-0.2, 0) is 6.54 Å². The lowest BCUT2D eigenvalue weighted by molar-refractivity contribution is 0.149. The molecule has 0 saturated carbocycles. The molecule has 0 spiro atoms. The minimum atomic E-state index is -0.0389. The van der Waals surface area contributed by atoms with Gasteiger partial charge in [0, 0.05) is 19.3 Å². The molecule has 1 aliphatic rings. The summed E-state index contributed by atoms with van der Waals surface area (Å²) in [4.78, 5) is 17.3. The lowest BCUT2D eigenvalue weighted by Gasteiger charge is -2.33. The fourth-order valence-corrected chi connectivity index (χ4v) is 3.70. The molecule has 25 heavy (non-hydrogen) atoms. The molecular formula is C19H31N5O.